The molecule has 0 saturated heterocycles. The molecule has 0 atom stereocenters. The predicted octanol–water partition coefficient (Wildman–Crippen LogP) is 2.91. The maximum absolute atomic E-state index is 5.66. The minimum atomic E-state index is 0.441. The van der Waals surface area contributed by atoms with Gasteiger partial charge < -0.3 is 10.3 Å². The average molecular weight is 281 g/mol. The Labute approximate surface area is 123 Å². The zero-order chi connectivity index (χ0) is 13.9. The van der Waals surface area contributed by atoms with E-state index in [4.69, 9.17) is 18.0 Å². The lowest BCUT2D eigenvalue weighted by Crippen LogP contribution is -2.08. The van der Waals surface area contributed by atoms with Crippen molar-refractivity contribution in [3.05, 3.63) is 66.1 Å². The van der Waals surface area contributed by atoms with E-state index >= 15 is 0 Å². The molecule has 3 rings (SSSR count). The maximum atomic E-state index is 5.66. The Balaban J connectivity index is 1.84. The largest absolute Gasteiger partial charge is 0.389 e. The van der Waals surface area contributed by atoms with Gasteiger partial charge in [-0.05, 0) is 48.4 Å². The van der Waals surface area contributed by atoms with Crippen molar-refractivity contribution in [3.63, 3.8) is 0 Å². The van der Waals surface area contributed by atoms with E-state index in [1.807, 2.05) is 24.5 Å². The van der Waals surface area contributed by atoms with E-state index in [0.29, 0.717) is 4.99 Å². The van der Waals surface area contributed by atoms with Crippen molar-refractivity contribution in [1.82, 2.24) is 9.55 Å². The van der Waals surface area contributed by atoms with Crippen LogP contribution < -0.4 is 5.73 Å². The summed E-state index contributed by atoms with van der Waals surface area (Å²) in [5.41, 5.74) is 9.08. The van der Waals surface area contributed by atoms with E-state index in [9.17, 15) is 0 Å². The highest BCUT2D eigenvalue weighted by molar-refractivity contribution is 7.80. The van der Waals surface area contributed by atoms with Crippen molar-refractivity contribution in [2.45, 2.75) is 13.0 Å². The Morgan fingerprint density at radius 3 is 2.70 bits per heavy atom. The van der Waals surface area contributed by atoms with E-state index in [1.54, 1.807) is 0 Å². The van der Waals surface area contributed by atoms with Gasteiger partial charge in [-0.25, -0.2) is 0 Å². The summed E-state index contributed by atoms with van der Waals surface area (Å²) in [6, 6.07) is 12.3. The van der Waals surface area contributed by atoms with E-state index in [-0.39, 0.29) is 0 Å². The van der Waals surface area contributed by atoms with Gasteiger partial charge >= 0.3 is 0 Å². The third-order valence-corrected chi connectivity index (χ3v) is 3.68. The van der Waals surface area contributed by atoms with Crippen LogP contribution in [0.1, 0.15) is 11.1 Å². The van der Waals surface area contributed by atoms with Crippen LogP contribution in [-0.2, 0) is 13.0 Å². The van der Waals surface area contributed by atoms with Gasteiger partial charge in [-0.15, -0.1) is 0 Å². The first-order valence-corrected chi connectivity index (χ1v) is 6.92. The highest BCUT2D eigenvalue weighted by Crippen LogP contribution is 2.18. The zero-order valence-corrected chi connectivity index (χ0v) is 11.8. The van der Waals surface area contributed by atoms with Gasteiger partial charge in [-0.2, -0.15) is 0 Å². The number of aryl methyl sites for hydroxylation is 2. The molecule has 0 aliphatic rings. The average Bonchev–Trinajstić information content (AvgIpc) is 2.88. The van der Waals surface area contributed by atoms with Gasteiger partial charge in [0, 0.05) is 41.6 Å². The fourth-order valence-electron chi connectivity index (χ4n) is 2.35. The van der Waals surface area contributed by atoms with Gasteiger partial charge in [-0.3, -0.25) is 4.98 Å². The molecule has 100 valence electrons. The summed E-state index contributed by atoms with van der Waals surface area (Å²) >= 11 is 5.01. The Morgan fingerprint density at radius 2 is 1.95 bits per heavy atom. The number of nitrogens with zero attached hydrogens (tertiary/aromatic N) is 2. The smallest absolute Gasteiger partial charge is 0.104 e. The molecule has 0 fully saturated rings. The third-order valence-electron chi connectivity index (χ3n) is 3.45. The lowest BCUT2D eigenvalue weighted by atomic mass is 10.1. The van der Waals surface area contributed by atoms with Gasteiger partial charge in [0.25, 0.3) is 0 Å². The lowest BCUT2D eigenvalue weighted by Gasteiger charge is -2.06. The standard InChI is InChI=1S/C16H15N3S/c17-16(20)14-1-2-15-13(11-14)6-10-19(15)9-5-12-3-7-18-8-4-12/h1-4,6-8,10-11H,5,9H2,(H2,17,20). The SMILES string of the molecule is NC(=S)c1ccc2c(ccn2CCc2ccncc2)c1. The summed E-state index contributed by atoms with van der Waals surface area (Å²) in [5.74, 6) is 0. The molecular weight excluding hydrogens is 266 g/mol. The summed E-state index contributed by atoms with van der Waals surface area (Å²) < 4.78 is 2.25. The molecule has 0 radical (unpaired) electrons. The van der Waals surface area contributed by atoms with Gasteiger partial charge in [-0.1, -0.05) is 12.2 Å². The molecule has 1 aromatic carbocycles. The number of fused-ring (bicyclic) bond motifs is 1. The number of aromatic nitrogens is 2. The number of hydrogen-bond acceptors (Lipinski definition) is 2. The van der Waals surface area contributed by atoms with Crippen molar-refractivity contribution in [3.8, 4) is 0 Å². The van der Waals surface area contributed by atoms with E-state index in [2.05, 4.69) is 40.0 Å². The number of nitrogens with two attached hydrogens (primary N) is 1. The topological polar surface area (TPSA) is 43.8 Å². The minimum absolute atomic E-state index is 0.441. The summed E-state index contributed by atoms with van der Waals surface area (Å²) in [7, 11) is 0. The van der Waals surface area contributed by atoms with Crippen molar-refractivity contribution in [2.24, 2.45) is 5.73 Å². The second-order valence-electron chi connectivity index (χ2n) is 4.75. The quantitative estimate of drug-likeness (QED) is 0.748. The van der Waals surface area contributed by atoms with Crippen LogP contribution in [0.4, 0.5) is 0 Å². The Hall–Kier alpha value is -2.20. The second-order valence-corrected chi connectivity index (χ2v) is 5.19. The van der Waals surface area contributed by atoms with Gasteiger partial charge in [0.1, 0.15) is 4.99 Å². The van der Waals surface area contributed by atoms with Crippen molar-refractivity contribution in [1.29, 1.82) is 0 Å². The molecular formula is C16H15N3S. The third kappa shape index (κ3) is 2.56. The van der Waals surface area contributed by atoms with Crippen LogP contribution in [0, 0.1) is 0 Å². The molecule has 0 saturated carbocycles. The van der Waals surface area contributed by atoms with Crippen LogP contribution in [0.5, 0.6) is 0 Å². The number of thiocarbonyl (C=S) groups is 1. The lowest BCUT2D eigenvalue weighted by molar-refractivity contribution is 0.722. The molecule has 3 nitrogen and oxygen atoms in total. The summed E-state index contributed by atoms with van der Waals surface area (Å²) in [4.78, 5) is 4.48. The Kier molecular flexibility index (Phi) is 3.48. The van der Waals surface area contributed by atoms with E-state index in [0.717, 1.165) is 18.5 Å². The first-order chi connectivity index (χ1) is 9.74. The monoisotopic (exact) mass is 281 g/mol. The molecule has 0 bridgehead atoms. The van der Waals surface area contributed by atoms with Crippen LogP contribution in [0.25, 0.3) is 10.9 Å². The van der Waals surface area contributed by atoms with Gasteiger partial charge in [0.15, 0.2) is 0 Å². The number of rotatable bonds is 4. The molecule has 0 spiro atoms. The van der Waals surface area contributed by atoms with Gasteiger partial charge in [0.2, 0.25) is 0 Å². The maximum Gasteiger partial charge on any atom is 0.104 e. The molecule has 0 amide bonds. The molecule has 2 heterocycles. The molecule has 20 heavy (non-hydrogen) atoms. The highest BCUT2D eigenvalue weighted by Gasteiger charge is 2.04. The summed E-state index contributed by atoms with van der Waals surface area (Å²) in [6.07, 6.45) is 6.76. The zero-order valence-electron chi connectivity index (χ0n) is 11.0. The van der Waals surface area contributed by atoms with Crippen LogP contribution in [0.15, 0.2) is 55.0 Å². The number of hydrogen-bond donors (Lipinski definition) is 1. The fraction of sp³-hybridized carbons (Fsp3) is 0.125. The number of benzene rings is 1. The first kappa shape index (κ1) is 12.8. The molecule has 4 heteroatoms. The summed E-state index contributed by atoms with van der Waals surface area (Å²) in [5, 5.41) is 1.17. The molecule has 0 unspecified atom stereocenters. The molecule has 0 aliphatic heterocycles. The van der Waals surface area contributed by atoms with Gasteiger partial charge in [0.05, 0.1) is 0 Å². The van der Waals surface area contributed by atoms with Crippen LogP contribution in [0.2, 0.25) is 0 Å². The summed E-state index contributed by atoms with van der Waals surface area (Å²) in [6.45, 7) is 0.944. The van der Waals surface area contributed by atoms with E-state index in [1.165, 1.54) is 16.5 Å². The highest BCUT2D eigenvalue weighted by atomic mass is 32.1. The second kappa shape index (κ2) is 5.43. The van der Waals surface area contributed by atoms with Crippen molar-refractivity contribution in [2.75, 3.05) is 0 Å². The Morgan fingerprint density at radius 1 is 1.15 bits per heavy atom. The van der Waals surface area contributed by atoms with Crippen LogP contribution in [0.3, 0.4) is 0 Å². The van der Waals surface area contributed by atoms with Crippen LogP contribution in [-0.4, -0.2) is 14.5 Å². The van der Waals surface area contributed by atoms with Crippen molar-refractivity contribution >= 4 is 28.1 Å². The minimum Gasteiger partial charge on any atom is -0.389 e. The Bertz CT molecular complexity index is 747. The van der Waals surface area contributed by atoms with Crippen LogP contribution >= 0.6 is 12.2 Å². The predicted molar refractivity (Wildman–Crippen MR) is 85.8 cm³/mol. The molecule has 3 aromatic rings. The molecule has 0 aliphatic carbocycles. The normalized spacial score (nSPS) is 10.8. The molecule has 2 aromatic heterocycles. The number of pyridine rings is 1. The van der Waals surface area contributed by atoms with E-state index < -0.39 is 0 Å². The fourth-order valence-corrected chi connectivity index (χ4v) is 2.47. The first-order valence-electron chi connectivity index (χ1n) is 6.51. The molecule has 2 N–H and O–H groups in total. The van der Waals surface area contributed by atoms with Crippen molar-refractivity contribution < 1.29 is 0 Å².